The van der Waals surface area contributed by atoms with Crippen LogP contribution < -0.4 is 10.1 Å². The van der Waals surface area contributed by atoms with Gasteiger partial charge in [0, 0.05) is 16.5 Å². The van der Waals surface area contributed by atoms with Crippen LogP contribution in [0.2, 0.25) is 10.0 Å². The summed E-state index contributed by atoms with van der Waals surface area (Å²) in [5, 5.41) is 12.9. The van der Waals surface area contributed by atoms with Gasteiger partial charge in [0.15, 0.2) is 6.61 Å². The standard InChI is InChI=1S/C14H15Cl2N3O2S/c1-8(2)3-13-18-19-14(22-13)17-12(20)7-21-11-5-9(15)4-10(16)6-11/h4-6,8H,3,7H2,1-2H3,(H,17,19,20). The third-order valence-electron chi connectivity index (χ3n) is 2.50. The maximum Gasteiger partial charge on any atom is 0.264 e. The van der Waals surface area contributed by atoms with Crippen molar-refractivity contribution in [2.45, 2.75) is 20.3 Å². The van der Waals surface area contributed by atoms with Crippen molar-refractivity contribution < 1.29 is 9.53 Å². The summed E-state index contributed by atoms with van der Waals surface area (Å²) in [5.41, 5.74) is 0. The Kier molecular flexibility index (Phi) is 5.99. The number of amides is 1. The van der Waals surface area contributed by atoms with Crippen molar-refractivity contribution in [3.05, 3.63) is 33.3 Å². The summed E-state index contributed by atoms with van der Waals surface area (Å²) in [4.78, 5) is 11.8. The first-order valence-corrected chi connectivity index (χ1v) is 8.20. The molecule has 0 atom stereocenters. The molecular weight excluding hydrogens is 345 g/mol. The topological polar surface area (TPSA) is 64.1 Å². The van der Waals surface area contributed by atoms with Crippen LogP contribution in [0, 0.1) is 5.92 Å². The average Bonchev–Trinajstić information content (AvgIpc) is 2.81. The van der Waals surface area contributed by atoms with Crippen LogP contribution in [0.25, 0.3) is 0 Å². The van der Waals surface area contributed by atoms with Crippen LogP contribution in [0.3, 0.4) is 0 Å². The van der Waals surface area contributed by atoms with Gasteiger partial charge in [0.2, 0.25) is 5.13 Å². The Labute approximate surface area is 142 Å². The van der Waals surface area contributed by atoms with Gasteiger partial charge >= 0.3 is 0 Å². The summed E-state index contributed by atoms with van der Waals surface area (Å²) in [6.07, 6.45) is 0.838. The maximum atomic E-state index is 11.8. The van der Waals surface area contributed by atoms with Gasteiger partial charge in [0.25, 0.3) is 5.91 Å². The fourth-order valence-corrected chi connectivity index (χ4v) is 3.13. The predicted octanol–water partition coefficient (Wildman–Crippen LogP) is 4.06. The number of carbonyl (C=O) groups is 1. The number of halogens is 2. The Bertz CT molecular complexity index is 641. The van der Waals surface area contributed by atoms with Gasteiger partial charge in [0.1, 0.15) is 10.8 Å². The van der Waals surface area contributed by atoms with E-state index in [0.717, 1.165) is 11.4 Å². The first-order chi connectivity index (χ1) is 10.4. The molecule has 0 spiro atoms. The number of ether oxygens (including phenoxy) is 1. The van der Waals surface area contributed by atoms with E-state index in [-0.39, 0.29) is 12.5 Å². The van der Waals surface area contributed by atoms with Crippen LogP contribution >= 0.6 is 34.5 Å². The van der Waals surface area contributed by atoms with E-state index in [4.69, 9.17) is 27.9 Å². The van der Waals surface area contributed by atoms with Crippen LogP contribution in [-0.4, -0.2) is 22.7 Å². The minimum atomic E-state index is -0.316. The molecule has 0 aliphatic carbocycles. The summed E-state index contributed by atoms with van der Waals surface area (Å²) in [5.74, 6) is 0.612. The molecule has 0 bridgehead atoms. The van der Waals surface area contributed by atoms with Gasteiger partial charge in [-0.3, -0.25) is 10.1 Å². The number of aromatic nitrogens is 2. The first kappa shape index (κ1) is 17.0. The number of hydrogen-bond acceptors (Lipinski definition) is 5. The Morgan fingerprint density at radius 1 is 1.27 bits per heavy atom. The molecular formula is C14H15Cl2N3O2S. The zero-order valence-electron chi connectivity index (χ0n) is 12.1. The number of anilines is 1. The molecule has 2 aromatic rings. The first-order valence-electron chi connectivity index (χ1n) is 6.63. The number of nitrogens with one attached hydrogen (secondary N) is 1. The molecule has 0 radical (unpaired) electrons. The van der Waals surface area contributed by atoms with Crippen LogP contribution in [0.1, 0.15) is 18.9 Å². The number of rotatable bonds is 6. The smallest absolute Gasteiger partial charge is 0.264 e. The number of hydrogen-bond donors (Lipinski definition) is 1. The lowest BCUT2D eigenvalue weighted by Crippen LogP contribution is -2.20. The Morgan fingerprint density at radius 2 is 1.95 bits per heavy atom. The van der Waals surface area contributed by atoms with Crippen molar-refractivity contribution in [1.82, 2.24) is 10.2 Å². The summed E-state index contributed by atoms with van der Waals surface area (Å²) < 4.78 is 5.35. The fraction of sp³-hybridized carbons (Fsp3) is 0.357. The molecule has 1 amide bonds. The third-order valence-corrected chi connectivity index (χ3v) is 3.80. The van der Waals surface area contributed by atoms with Crippen LogP contribution in [-0.2, 0) is 11.2 Å². The molecule has 1 heterocycles. The van der Waals surface area contributed by atoms with E-state index < -0.39 is 0 Å². The van der Waals surface area contributed by atoms with Gasteiger partial charge in [-0.05, 0) is 24.1 Å². The van der Waals surface area contributed by atoms with E-state index in [1.807, 2.05) is 0 Å². The van der Waals surface area contributed by atoms with E-state index in [2.05, 4.69) is 29.4 Å². The Balaban J connectivity index is 1.86. The van der Waals surface area contributed by atoms with Crippen molar-refractivity contribution in [1.29, 1.82) is 0 Å². The summed E-state index contributed by atoms with van der Waals surface area (Å²) >= 11 is 13.1. The Morgan fingerprint density at radius 3 is 2.59 bits per heavy atom. The molecule has 0 saturated heterocycles. The number of carbonyl (C=O) groups excluding carboxylic acids is 1. The molecule has 1 aromatic carbocycles. The molecule has 0 aliphatic rings. The van der Waals surface area contributed by atoms with Gasteiger partial charge in [0.05, 0.1) is 0 Å². The van der Waals surface area contributed by atoms with Gasteiger partial charge in [-0.2, -0.15) is 0 Å². The normalized spacial score (nSPS) is 10.8. The molecule has 2 rings (SSSR count). The van der Waals surface area contributed by atoms with Crippen molar-refractivity contribution in [2.75, 3.05) is 11.9 Å². The lowest BCUT2D eigenvalue weighted by atomic mass is 10.1. The quantitative estimate of drug-likeness (QED) is 0.844. The SMILES string of the molecule is CC(C)Cc1nnc(NC(=O)COc2cc(Cl)cc(Cl)c2)s1. The second kappa shape index (κ2) is 7.76. The predicted molar refractivity (Wildman–Crippen MR) is 89.0 cm³/mol. The van der Waals surface area contributed by atoms with Crippen LogP contribution in [0.5, 0.6) is 5.75 Å². The highest BCUT2D eigenvalue weighted by Crippen LogP contribution is 2.24. The molecule has 0 unspecified atom stereocenters. The zero-order valence-corrected chi connectivity index (χ0v) is 14.4. The molecule has 0 fully saturated rings. The molecule has 5 nitrogen and oxygen atoms in total. The van der Waals surface area contributed by atoms with Crippen molar-refractivity contribution in [2.24, 2.45) is 5.92 Å². The summed E-state index contributed by atoms with van der Waals surface area (Å²) in [6, 6.07) is 4.77. The van der Waals surface area contributed by atoms with Crippen molar-refractivity contribution in [3.8, 4) is 5.75 Å². The number of benzene rings is 1. The monoisotopic (exact) mass is 359 g/mol. The molecule has 118 valence electrons. The third kappa shape index (κ3) is 5.44. The average molecular weight is 360 g/mol. The van der Waals surface area contributed by atoms with Gasteiger partial charge < -0.3 is 4.74 Å². The van der Waals surface area contributed by atoms with E-state index in [9.17, 15) is 4.79 Å². The van der Waals surface area contributed by atoms with Crippen molar-refractivity contribution >= 4 is 45.6 Å². The van der Waals surface area contributed by atoms with E-state index >= 15 is 0 Å². The highest BCUT2D eigenvalue weighted by Gasteiger charge is 2.10. The zero-order chi connectivity index (χ0) is 16.1. The van der Waals surface area contributed by atoms with Gasteiger partial charge in [-0.25, -0.2) is 0 Å². The highest BCUT2D eigenvalue weighted by molar-refractivity contribution is 7.15. The van der Waals surface area contributed by atoms with Crippen LogP contribution in [0.4, 0.5) is 5.13 Å². The highest BCUT2D eigenvalue weighted by atomic mass is 35.5. The summed E-state index contributed by atoms with van der Waals surface area (Å²) in [6.45, 7) is 4.04. The minimum absolute atomic E-state index is 0.157. The van der Waals surface area contributed by atoms with Crippen molar-refractivity contribution in [3.63, 3.8) is 0 Å². The Hall–Kier alpha value is -1.37. The van der Waals surface area contributed by atoms with E-state index in [1.165, 1.54) is 11.3 Å². The molecule has 0 aliphatic heterocycles. The van der Waals surface area contributed by atoms with Gasteiger partial charge in [-0.1, -0.05) is 48.4 Å². The lowest BCUT2D eigenvalue weighted by Gasteiger charge is -2.06. The largest absolute Gasteiger partial charge is 0.484 e. The fourth-order valence-electron chi connectivity index (χ4n) is 1.65. The molecule has 8 heteroatoms. The van der Waals surface area contributed by atoms with E-state index in [0.29, 0.717) is 26.8 Å². The molecule has 0 saturated carbocycles. The second-order valence-electron chi connectivity index (χ2n) is 5.04. The minimum Gasteiger partial charge on any atom is -0.484 e. The van der Waals surface area contributed by atoms with Crippen LogP contribution in [0.15, 0.2) is 18.2 Å². The lowest BCUT2D eigenvalue weighted by molar-refractivity contribution is -0.118. The maximum absolute atomic E-state index is 11.8. The number of nitrogens with zero attached hydrogens (tertiary/aromatic N) is 2. The van der Waals surface area contributed by atoms with Gasteiger partial charge in [-0.15, -0.1) is 10.2 Å². The second-order valence-corrected chi connectivity index (χ2v) is 6.98. The summed E-state index contributed by atoms with van der Waals surface area (Å²) in [7, 11) is 0. The molecule has 1 N–H and O–H groups in total. The molecule has 22 heavy (non-hydrogen) atoms. The van der Waals surface area contributed by atoms with E-state index in [1.54, 1.807) is 18.2 Å². The molecule has 1 aromatic heterocycles.